The van der Waals surface area contributed by atoms with Crippen molar-refractivity contribution in [2.45, 2.75) is 47.3 Å². The van der Waals surface area contributed by atoms with Crippen LogP contribution in [0.1, 0.15) is 40.5 Å². The highest BCUT2D eigenvalue weighted by Gasteiger charge is 2.54. The maximum Gasteiger partial charge on any atom is 0.338 e. The lowest BCUT2D eigenvalue weighted by Crippen LogP contribution is -2.58. The number of nitrogens with one attached hydrogen (secondary N) is 3. The lowest BCUT2D eigenvalue weighted by molar-refractivity contribution is -0.176. The molecule has 5 N–H and O–H groups in total. The summed E-state index contributed by atoms with van der Waals surface area (Å²) in [5, 5.41) is 8.80. The Balaban J connectivity index is 0.000000259. The van der Waals surface area contributed by atoms with Crippen LogP contribution in [0.4, 0.5) is 5.69 Å². The van der Waals surface area contributed by atoms with Gasteiger partial charge in [0.1, 0.15) is 22.0 Å². The molecule has 1 aliphatic carbocycles. The van der Waals surface area contributed by atoms with Crippen LogP contribution in [0.25, 0.3) is 10.9 Å². The molecule has 0 amide bonds. The van der Waals surface area contributed by atoms with Gasteiger partial charge in [-0.05, 0) is 67.0 Å². The number of anilines is 1. The molecule has 3 aromatic carbocycles. The molecular formula is C39H46ClN5O12S2. The molecule has 3 aliphatic heterocycles. The minimum Gasteiger partial charge on any atom is -0.493 e. The van der Waals surface area contributed by atoms with E-state index in [2.05, 4.69) is 44.2 Å². The predicted molar refractivity (Wildman–Crippen MR) is 216 cm³/mol. The quantitative estimate of drug-likeness (QED) is 0.185. The Morgan fingerprint density at radius 3 is 2.32 bits per heavy atom. The number of rotatable bonds is 8. The van der Waals surface area contributed by atoms with E-state index in [-0.39, 0.29) is 51.7 Å². The smallest absolute Gasteiger partial charge is 0.338 e. The first-order valence-corrected chi connectivity index (χ1v) is 22.1. The summed E-state index contributed by atoms with van der Waals surface area (Å²) in [7, 11) is -0.350. The molecule has 4 aliphatic rings. The Morgan fingerprint density at radius 2 is 1.68 bits per heavy atom. The van der Waals surface area contributed by atoms with E-state index >= 15 is 0 Å². The number of nitrogens with two attached hydrogens (primary N) is 1. The number of primary sulfonamides is 1. The lowest BCUT2D eigenvalue weighted by Gasteiger charge is -2.52. The van der Waals surface area contributed by atoms with Gasteiger partial charge in [0.15, 0.2) is 11.5 Å². The summed E-state index contributed by atoms with van der Waals surface area (Å²) in [6.07, 6.45) is 1.04. The van der Waals surface area contributed by atoms with Crippen LogP contribution in [0.3, 0.4) is 0 Å². The van der Waals surface area contributed by atoms with E-state index in [9.17, 15) is 26.4 Å². The molecule has 0 spiro atoms. The average Bonchev–Trinajstić information content (AvgIpc) is 3.60. The van der Waals surface area contributed by atoms with Crippen LogP contribution >= 0.6 is 11.6 Å². The summed E-state index contributed by atoms with van der Waals surface area (Å²) in [5.74, 6) is -0.254. The molecule has 0 radical (unpaired) electrons. The van der Waals surface area contributed by atoms with Crippen LogP contribution in [-0.2, 0) is 45.5 Å². The van der Waals surface area contributed by atoms with Crippen molar-refractivity contribution in [2.24, 2.45) is 22.9 Å². The first kappa shape index (κ1) is 42.5. The molecule has 6 atom stereocenters. The van der Waals surface area contributed by atoms with Gasteiger partial charge >= 0.3 is 11.9 Å². The van der Waals surface area contributed by atoms with Gasteiger partial charge in [-0.1, -0.05) is 29.8 Å². The van der Waals surface area contributed by atoms with Gasteiger partial charge in [-0.25, -0.2) is 26.8 Å². The third kappa shape index (κ3) is 8.04. The second-order valence-corrected chi connectivity index (χ2v) is 18.3. The molecule has 17 nitrogen and oxygen atoms in total. The maximum absolute atomic E-state index is 13.5. The molecule has 59 heavy (non-hydrogen) atoms. The summed E-state index contributed by atoms with van der Waals surface area (Å²) < 4.78 is 81.5. The number of carbonyl (C=O) groups is 2. The fourth-order valence-electron chi connectivity index (χ4n) is 9.02. The average molecular weight is 876 g/mol. The second kappa shape index (κ2) is 16.8. The van der Waals surface area contributed by atoms with Crippen molar-refractivity contribution < 1.29 is 54.8 Å². The number of H-pyrrole nitrogens is 1. The third-order valence-corrected chi connectivity index (χ3v) is 14.4. The second-order valence-electron chi connectivity index (χ2n) is 14.7. The zero-order valence-corrected chi connectivity index (χ0v) is 35.3. The van der Waals surface area contributed by atoms with Crippen molar-refractivity contribution in [1.29, 1.82) is 0 Å². The predicted octanol–water partition coefficient (Wildman–Crippen LogP) is 3.81. The number of nitrogens with zero attached hydrogens (tertiary/aromatic N) is 1. The highest BCUT2D eigenvalue weighted by atomic mass is 35.5. The first-order valence-electron chi connectivity index (χ1n) is 18.7. The van der Waals surface area contributed by atoms with Gasteiger partial charge in [0.05, 0.1) is 63.3 Å². The summed E-state index contributed by atoms with van der Waals surface area (Å²) in [6, 6.07) is 13.9. The van der Waals surface area contributed by atoms with Gasteiger partial charge in [-0.3, -0.25) is 9.69 Å². The Labute approximate surface area is 346 Å². The van der Waals surface area contributed by atoms with Crippen molar-refractivity contribution in [3.05, 3.63) is 70.4 Å². The van der Waals surface area contributed by atoms with Gasteiger partial charge in [0.2, 0.25) is 25.8 Å². The summed E-state index contributed by atoms with van der Waals surface area (Å²) in [6.45, 7) is 1.75. The molecule has 318 valence electrons. The Bertz CT molecular complexity index is 2470. The van der Waals surface area contributed by atoms with Crippen LogP contribution in [-0.4, -0.2) is 106 Å². The topological polar surface area (TPSA) is 227 Å². The summed E-state index contributed by atoms with van der Waals surface area (Å²) >= 11 is 5.72. The fourth-order valence-corrected chi connectivity index (χ4v) is 11.3. The zero-order chi connectivity index (χ0) is 42.4. The van der Waals surface area contributed by atoms with E-state index in [1.54, 1.807) is 19.2 Å². The van der Waals surface area contributed by atoms with Crippen molar-refractivity contribution in [3.63, 3.8) is 0 Å². The van der Waals surface area contributed by atoms with E-state index in [0.717, 1.165) is 37.5 Å². The number of hydrogen-bond donors (Lipinski definition) is 4. The van der Waals surface area contributed by atoms with Crippen LogP contribution in [0.2, 0.25) is 5.02 Å². The third-order valence-electron chi connectivity index (χ3n) is 11.6. The number of sulfonamides is 2. The molecule has 4 aromatic rings. The van der Waals surface area contributed by atoms with E-state index in [1.807, 2.05) is 0 Å². The summed E-state index contributed by atoms with van der Waals surface area (Å²) in [5.41, 5.74) is 4.25. The molecule has 1 saturated heterocycles. The molecule has 0 bridgehead atoms. The van der Waals surface area contributed by atoms with Crippen LogP contribution in [0.5, 0.6) is 17.2 Å². The molecule has 1 saturated carbocycles. The van der Waals surface area contributed by atoms with Crippen molar-refractivity contribution >= 4 is 60.2 Å². The number of para-hydroxylation sites is 1. The van der Waals surface area contributed by atoms with E-state index < -0.39 is 49.0 Å². The van der Waals surface area contributed by atoms with Gasteiger partial charge in [0, 0.05) is 36.8 Å². The number of fused-ring (bicyclic) bond motifs is 7. The van der Waals surface area contributed by atoms with E-state index in [1.165, 1.54) is 51.1 Å². The van der Waals surface area contributed by atoms with E-state index in [0.29, 0.717) is 23.7 Å². The molecule has 2 fully saturated rings. The maximum atomic E-state index is 13.5. The van der Waals surface area contributed by atoms with Gasteiger partial charge < -0.3 is 38.7 Å². The molecule has 6 unspecified atom stereocenters. The highest BCUT2D eigenvalue weighted by molar-refractivity contribution is 7.90. The van der Waals surface area contributed by atoms with Crippen LogP contribution in [0.15, 0.2) is 58.3 Å². The normalized spacial score (nSPS) is 24.4. The number of aromatic nitrogens is 1. The number of hydrogen-bond acceptors (Lipinski definition) is 14. The van der Waals surface area contributed by atoms with E-state index in [4.69, 9.17) is 45.2 Å². The fraction of sp³-hybridized carbons (Fsp3) is 0.436. The minimum atomic E-state index is -4.07. The SMILES string of the molecule is COC(=O)C1C2CC3c4[nH]c5ccccc5c4CCN3CC2CC(OC(=O)c2cc(OC)c(OC)c(OC)c2)C1OC.NS(=O)(=O)c1cc2c(cc1Cl)NCNS2(=O)=O. The summed E-state index contributed by atoms with van der Waals surface area (Å²) in [4.78, 5) is 32.4. The zero-order valence-electron chi connectivity index (χ0n) is 32.9. The monoisotopic (exact) mass is 875 g/mol. The van der Waals surface area contributed by atoms with Gasteiger partial charge in [-0.2, -0.15) is 4.72 Å². The minimum absolute atomic E-state index is 0.0112. The largest absolute Gasteiger partial charge is 0.493 e. The Morgan fingerprint density at radius 1 is 0.966 bits per heavy atom. The standard InChI is InChI=1S/C32H38N2O8.C7H8ClN3O4S2/c1-37-24-12-17(13-25(38-2)29(24)39-3)31(35)42-26-14-18-16-34-11-10-20-19-8-6-7-9-22(19)33-28(20)23(34)15-21(18)27(30(26)40-4)32(36)41-5;8-4-1-5-7(2-6(4)16(9,12)13)17(14,15)11-3-10-5/h6-9,12-13,18,21,23,26-27,30,33H,10-11,14-16H2,1-5H3;1-2,10-11H,3H2,(H2,9,12,13). The number of benzene rings is 3. The number of ether oxygens (including phenoxy) is 6. The lowest BCUT2D eigenvalue weighted by atomic mass is 9.63. The molecular weight excluding hydrogens is 830 g/mol. The molecule has 1 aromatic heterocycles. The number of aromatic amines is 1. The number of piperidine rings is 1. The van der Waals surface area contributed by atoms with Crippen LogP contribution < -0.4 is 29.4 Å². The molecule has 8 rings (SSSR count). The Kier molecular flexibility index (Phi) is 12.1. The van der Waals surface area contributed by atoms with Crippen molar-refractivity contribution in [1.82, 2.24) is 14.6 Å². The number of esters is 2. The van der Waals surface area contributed by atoms with Crippen molar-refractivity contribution in [3.8, 4) is 17.2 Å². The molecule has 20 heteroatoms. The Hall–Kier alpha value is -4.63. The van der Waals surface area contributed by atoms with Crippen molar-refractivity contribution in [2.75, 3.05) is 60.6 Å². The van der Waals surface area contributed by atoms with Gasteiger partial charge in [0.25, 0.3) is 0 Å². The number of halogens is 1. The van der Waals surface area contributed by atoms with Gasteiger partial charge in [-0.15, -0.1) is 0 Å². The highest BCUT2D eigenvalue weighted by Crippen LogP contribution is 2.51. The van der Waals surface area contributed by atoms with Crippen LogP contribution in [0, 0.1) is 17.8 Å². The molecule has 4 heterocycles. The number of methoxy groups -OCH3 is 5. The number of carbonyl (C=O) groups excluding carboxylic acids is 2. The first-order chi connectivity index (χ1) is 28.1.